The highest BCUT2D eigenvalue weighted by Crippen LogP contribution is 2.60. The number of hydrogen-bond acceptors (Lipinski definition) is 5. The first-order valence-electron chi connectivity index (χ1n) is 9.41. The Morgan fingerprint density at radius 3 is 2.62 bits per heavy atom. The van der Waals surface area contributed by atoms with Crippen LogP contribution in [0.5, 0.6) is 11.5 Å². The first-order valence-corrected chi connectivity index (χ1v) is 10.6. The molecule has 3 atom stereocenters. The second-order valence-corrected chi connectivity index (χ2v) is 8.59. The average molecular weight is 406 g/mol. The highest BCUT2D eigenvalue weighted by Gasteiger charge is 2.62. The average Bonchev–Trinajstić information content (AvgIpc) is 3.27. The summed E-state index contributed by atoms with van der Waals surface area (Å²) in [6.45, 7) is 4.10. The first kappa shape index (κ1) is 20.8. The maximum atomic E-state index is 12.7. The Bertz CT molecular complexity index is 943. The molecular weight excluding hydrogens is 382 g/mol. The van der Waals surface area contributed by atoms with E-state index in [1.807, 2.05) is 30.3 Å². The Morgan fingerprint density at radius 1 is 1.21 bits per heavy atom. The molecule has 2 aromatic carbocycles. The summed E-state index contributed by atoms with van der Waals surface area (Å²) >= 11 is 1.65. The summed E-state index contributed by atoms with van der Waals surface area (Å²) in [5.41, 5.74) is 0.447. The second kappa shape index (κ2) is 9.07. The lowest BCUT2D eigenvalue weighted by Gasteiger charge is -2.13. The topological polar surface area (TPSA) is 59.3 Å². The Hall–Kier alpha value is -2.89. The van der Waals surface area contributed by atoms with Crippen molar-refractivity contribution in [2.24, 2.45) is 17.3 Å². The van der Waals surface area contributed by atoms with Gasteiger partial charge in [0.05, 0.1) is 11.7 Å². The summed E-state index contributed by atoms with van der Waals surface area (Å²) in [4.78, 5) is 12.7. The van der Waals surface area contributed by atoms with Gasteiger partial charge in [0.2, 0.25) is 6.10 Å². The monoisotopic (exact) mass is 405 g/mol. The molecule has 0 bridgehead atoms. The minimum atomic E-state index is -0.975. The van der Waals surface area contributed by atoms with Crippen LogP contribution in [0.3, 0.4) is 0 Å². The van der Waals surface area contributed by atoms with Crippen LogP contribution >= 0.6 is 11.8 Å². The van der Waals surface area contributed by atoms with E-state index in [9.17, 15) is 10.1 Å². The van der Waals surface area contributed by atoms with E-state index in [0.29, 0.717) is 22.8 Å². The second-order valence-electron chi connectivity index (χ2n) is 7.56. The molecular formula is C24H23NO3S. The SMILES string of the molecule is C#CCSC[C@H]1[C@@H](C(=O)OC(C#N)c2cccc(Oc3ccccc3)c2)C1(C)C. The Labute approximate surface area is 176 Å². The fourth-order valence-corrected chi connectivity index (χ4v) is 4.60. The molecule has 1 unspecified atom stereocenters. The van der Waals surface area contributed by atoms with Crippen molar-refractivity contribution in [1.82, 2.24) is 0 Å². The number of benzene rings is 2. The third kappa shape index (κ3) is 4.94. The van der Waals surface area contributed by atoms with Gasteiger partial charge in [0.15, 0.2) is 0 Å². The van der Waals surface area contributed by atoms with E-state index in [-0.39, 0.29) is 23.2 Å². The molecule has 0 aliphatic heterocycles. The fraction of sp³-hybridized carbons (Fsp3) is 0.333. The van der Waals surface area contributed by atoms with Gasteiger partial charge in [-0.15, -0.1) is 18.2 Å². The minimum Gasteiger partial charge on any atom is -0.457 e. The molecule has 0 radical (unpaired) electrons. The molecule has 1 fully saturated rings. The number of carbonyl (C=O) groups is 1. The third-order valence-corrected chi connectivity index (χ3v) is 6.24. The lowest BCUT2D eigenvalue weighted by Crippen LogP contribution is -2.14. The summed E-state index contributed by atoms with van der Waals surface area (Å²) in [5.74, 6) is 4.98. The number of carbonyl (C=O) groups excluding carboxylic acids is 1. The highest BCUT2D eigenvalue weighted by atomic mass is 32.2. The smallest absolute Gasteiger partial charge is 0.311 e. The summed E-state index contributed by atoms with van der Waals surface area (Å²) in [5, 5.41) is 9.59. The summed E-state index contributed by atoms with van der Waals surface area (Å²) < 4.78 is 11.4. The number of ether oxygens (including phenoxy) is 2. The summed E-state index contributed by atoms with van der Waals surface area (Å²) in [7, 11) is 0. The molecule has 0 amide bonds. The van der Waals surface area contributed by atoms with E-state index in [0.717, 1.165) is 5.75 Å². The fourth-order valence-electron chi connectivity index (χ4n) is 3.49. The van der Waals surface area contributed by atoms with Crippen LogP contribution in [-0.2, 0) is 9.53 Å². The van der Waals surface area contributed by atoms with E-state index in [1.54, 1.807) is 36.0 Å². The lowest BCUT2D eigenvalue weighted by atomic mass is 10.1. The molecule has 29 heavy (non-hydrogen) atoms. The van der Waals surface area contributed by atoms with Gasteiger partial charge in [0.1, 0.15) is 17.6 Å². The van der Waals surface area contributed by atoms with Crippen molar-refractivity contribution in [3.63, 3.8) is 0 Å². The molecule has 0 saturated heterocycles. The van der Waals surface area contributed by atoms with Gasteiger partial charge in [0, 0.05) is 5.56 Å². The van der Waals surface area contributed by atoms with Crippen molar-refractivity contribution in [1.29, 1.82) is 5.26 Å². The third-order valence-electron chi connectivity index (χ3n) is 5.28. The molecule has 5 heteroatoms. The van der Waals surface area contributed by atoms with Gasteiger partial charge in [-0.1, -0.05) is 50.1 Å². The van der Waals surface area contributed by atoms with Crippen LogP contribution in [0.4, 0.5) is 0 Å². The van der Waals surface area contributed by atoms with Crippen molar-refractivity contribution in [3.05, 3.63) is 60.2 Å². The first-order chi connectivity index (χ1) is 14.0. The molecule has 148 valence electrons. The molecule has 3 rings (SSSR count). The number of esters is 1. The maximum absolute atomic E-state index is 12.7. The van der Waals surface area contributed by atoms with Crippen LogP contribution in [0, 0.1) is 40.9 Å². The quantitative estimate of drug-likeness (QED) is 0.342. The van der Waals surface area contributed by atoms with Gasteiger partial charge in [-0.05, 0) is 41.4 Å². The van der Waals surface area contributed by atoms with Crippen molar-refractivity contribution >= 4 is 17.7 Å². The van der Waals surface area contributed by atoms with Crippen LogP contribution in [0.1, 0.15) is 25.5 Å². The van der Waals surface area contributed by atoms with Crippen molar-refractivity contribution in [3.8, 4) is 29.9 Å². The van der Waals surface area contributed by atoms with E-state index in [2.05, 4.69) is 25.8 Å². The maximum Gasteiger partial charge on any atom is 0.311 e. The van der Waals surface area contributed by atoms with Gasteiger partial charge in [-0.3, -0.25) is 4.79 Å². The van der Waals surface area contributed by atoms with Crippen molar-refractivity contribution < 1.29 is 14.3 Å². The molecule has 0 N–H and O–H groups in total. The Morgan fingerprint density at radius 2 is 1.93 bits per heavy atom. The Balaban J connectivity index is 1.66. The molecule has 1 aliphatic rings. The van der Waals surface area contributed by atoms with Crippen LogP contribution in [-0.4, -0.2) is 17.5 Å². The van der Waals surface area contributed by atoms with Crippen LogP contribution in [0.15, 0.2) is 54.6 Å². The van der Waals surface area contributed by atoms with Gasteiger partial charge in [-0.25, -0.2) is 0 Å². The highest BCUT2D eigenvalue weighted by molar-refractivity contribution is 7.99. The number of rotatable bonds is 8. The normalized spacial score (nSPS) is 20.0. The van der Waals surface area contributed by atoms with Gasteiger partial charge in [0.25, 0.3) is 0 Å². The van der Waals surface area contributed by atoms with Gasteiger partial charge >= 0.3 is 5.97 Å². The summed E-state index contributed by atoms with van der Waals surface area (Å²) in [6, 6.07) is 18.5. The summed E-state index contributed by atoms with van der Waals surface area (Å²) in [6.07, 6.45) is 4.32. The number of hydrogen-bond donors (Lipinski definition) is 0. The number of para-hydroxylation sites is 1. The molecule has 1 saturated carbocycles. The standard InChI is InChI=1S/C24H23NO3S/c1-4-13-29-16-20-22(24(20,2)3)23(26)28-21(15-25)17-9-8-12-19(14-17)27-18-10-6-5-7-11-18/h1,5-12,14,20-22H,13,16H2,2-3H3/t20-,21?,22-/m0/s1. The number of nitriles is 1. The molecule has 1 aliphatic carbocycles. The largest absolute Gasteiger partial charge is 0.457 e. The van der Waals surface area contributed by atoms with Crippen LogP contribution in [0.2, 0.25) is 0 Å². The molecule has 4 nitrogen and oxygen atoms in total. The Kier molecular flexibility index (Phi) is 6.52. The predicted molar refractivity (Wildman–Crippen MR) is 114 cm³/mol. The minimum absolute atomic E-state index is 0.142. The van der Waals surface area contributed by atoms with Crippen LogP contribution < -0.4 is 4.74 Å². The molecule has 0 aromatic heterocycles. The van der Waals surface area contributed by atoms with E-state index in [1.165, 1.54) is 0 Å². The molecule has 2 aromatic rings. The number of nitrogens with zero attached hydrogens (tertiary/aromatic N) is 1. The van der Waals surface area contributed by atoms with Crippen LogP contribution in [0.25, 0.3) is 0 Å². The molecule has 0 heterocycles. The molecule has 0 spiro atoms. The van der Waals surface area contributed by atoms with Gasteiger partial charge in [-0.2, -0.15) is 5.26 Å². The van der Waals surface area contributed by atoms with E-state index in [4.69, 9.17) is 15.9 Å². The lowest BCUT2D eigenvalue weighted by molar-refractivity contribution is -0.149. The van der Waals surface area contributed by atoms with E-state index >= 15 is 0 Å². The van der Waals surface area contributed by atoms with Crippen molar-refractivity contribution in [2.75, 3.05) is 11.5 Å². The predicted octanol–water partition coefficient (Wildman–Crippen LogP) is 5.23. The zero-order chi connectivity index (χ0) is 20.9. The zero-order valence-electron chi connectivity index (χ0n) is 16.5. The zero-order valence-corrected chi connectivity index (χ0v) is 17.3. The number of terminal acetylenes is 1. The number of thioether (sulfide) groups is 1. The van der Waals surface area contributed by atoms with E-state index < -0.39 is 6.10 Å². The van der Waals surface area contributed by atoms with Crippen molar-refractivity contribution in [2.45, 2.75) is 20.0 Å². The van der Waals surface area contributed by atoms with Gasteiger partial charge < -0.3 is 9.47 Å².